The lowest BCUT2D eigenvalue weighted by Gasteiger charge is -2.21. The fraction of sp³-hybridized carbons (Fsp3) is 0.500. The zero-order valence-corrected chi connectivity index (χ0v) is 9.82. The van der Waals surface area contributed by atoms with Crippen LogP contribution in [-0.4, -0.2) is 19.1 Å². The van der Waals surface area contributed by atoms with Gasteiger partial charge < -0.3 is 9.13 Å². The molecule has 16 heavy (non-hydrogen) atoms. The lowest BCUT2D eigenvalue weighted by Crippen LogP contribution is -2.13. The smallest absolute Gasteiger partial charge is 0.0948 e. The van der Waals surface area contributed by atoms with Gasteiger partial charge in [-0.15, -0.1) is 0 Å². The zero-order valence-electron chi connectivity index (χ0n) is 9.82. The van der Waals surface area contributed by atoms with E-state index in [9.17, 15) is 0 Å². The highest BCUT2D eigenvalue weighted by Crippen LogP contribution is 2.23. The number of rotatable bonds is 5. The standard InChI is InChI=1S/C12H18N4/c1-3-12(16-7-5-14-10-16)8-11(2)15-6-4-13-9-15/h4-7,9-12H,3,8H2,1-2H3. The molecule has 0 N–H and O–H groups in total. The van der Waals surface area contributed by atoms with Gasteiger partial charge in [-0.2, -0.15) is 0 Å². The van der Waals surface area contributed by atoms with Gasteiger partial charge in [-0.3, -0.25) is 0 Å². The van der Waals surface area contributed by atoms with E-state index in [2.05, 4.69) is 32.9 Å². The molecule has 2 heterocycles. The molecule has 0 aliphatic heterocycles. The third kappa shape index (κ3) is 2.32. The zero-order chi connectivity index (χ0) is 11.4. The van der Waals surface area contributed by atoms with E-state index < -0.39 is 0 Å². The predicted molar refractivity (Wildman–Crippen MR) is 63.1 cm³/mol. The summed E-state index contributed by atoms with van der Waals surface area (Å²) in [5, 5.41) is 0. The van der Waals surface area contributed by atoms with Gasteiger partial charge in [0.25, 0.3) is 0 Å². The first-order valence-electron chi connectivity index (χ1n) is 5.76. The molecule has 0 aliphatic carbocycles. The van der Waals surface area contributed by atoms with Gasteiger partial charge in [-0.1, -0.05) is 6.92 Å². The van der Waals surface area contributed by atoms with Crippen LogP contribution in [0, 0.1) is 0 Å². The maximum atomic E-state index is 4.10. The van der Waals surface area contributed by atoms with Crippen LogP contribution in [0.1, 0.15) is 38.8 Å². The predicted octanol–water partition coefficient (Wildman–Crippen LogP) is 2.68. The second-order valence-electron chi connectivity index (χ2n) is 4.17. The Morgan fingerprint density at radius 2 is 1.69 bits per heavy atom. The first-order valence-corrected chi connectivity index (χ1v) is 5.76. The average molecular weight is 218 g/mol. The minimum absolute atomic E-state index is 0.467. The molecule has 0 radical (unpaired) electrons. The van der Waals surface area contributed by atoms with Gasteiger partial charge in [-0.05, 0) is 19.8 Å². The minimum atomic E-state index is 0.467. The van der Waals surface area contributed by atoms with Gasteiger partial charge in [0, 0.05) is 36.9 Å². The van der Waals surface area contributed by atoms with E-state index in [1.54, 1.807) is 0 Å². The maximum absolute atomic E-state index is 4.10. The molecule has 2 atom stereocenters. The molecular weight excluding hydrogens is 200 g/mol. The number of imidazole rings is 2. The molecule has 0 saturated carbocycles. The van der Waals surface area contributed by atoms with Crippen molar-refractivity contribution >= 4 is 0 Å². The van der Waals surface area contributed by atoms with Crippen molar-refractivity contribution in [2.24, 2.45) is 0 Å². The molecule has 4 nitrogen and oxygen atoms in total. The molecule has 0 aromatic carbocycles. The van der Waals surface area contributed by atoms with Crippen LogP contribution in [-0.2, 0) is 0 Å². The van der Waals surface area contributed by atoms with Crippen molar-refractivity contribution in [3.05, 3.63) is 37.4 Å². The van der Waals surface area contributed by atoms with Crippen molar-refractivity contribution in [1.82, 2.24) is 19.1 Å². The summed E-state index contributed by atoms with van der Waals surface area (Å²) in [5.41, 5.74) is 0. The number of hydrogen-bond donors (Lipinski definition) is 0. The van der Waals surface area contributed by atoms with E-state index in [1.807, 2.05) is 37.4 Å². The Morgan fingerprint density at radius 3 is 2.19 bits per heavy atom. The minimum Gasteiger partial charge on any atom is -0.335 e. The van der Waals surface area contributed by atoms with E-state index in [0.717, 1.165) is 12.8 Å². The van der Waals surface area contributed by atoms with Crippen LogP contribution in [0.3, 0.4) is 0 Å². The molecule has 0 saturated heterocycles. The van der Waals surface area contributed by atoms with Gasteiger partial charge in [0.05, 0.1) is 12.7 Å². The molecule has 0 amide bonds. The van der Waals surface area contributed by atoms with Crippen LogP contribution >= 0.6 is 0 Å². The van der Waals surface area contributed by atoms with E-state index >= 15 is 0 Å². The molecule has 2 aromatic rings. The monoisotopic (exact) mass is 218 g/mol. The van der Waals surface area contributed by atoms with E-state index in [-0.39, 0.29) is 0 Å². The largest absolute Gasteiger partial charge is 0.335 e. The summed E-state index contributed by atoms with van der Waals surface area (Å²) < 4.78 is 4.34. The van der Waals surface area contributed by atoms with Crippen LogP contribution in [0.25, 0.3) is 0 Å². The Hall–Kier alpha value is -1.58. The van der Waals surface area contributed by atoms with Crippen LogP contribution in [0.5, 0.6) is 0 Å². The maximum Gasteiger partial charge on any atom is 0.0948 e. The van der Waals surface area contributed by atoms with Gasteiger partial charge >= 0.3 is 0 Å². The summed E-state index contributed by atoms with van der Waals surface area (Å²) >= 11 is 0. The number of nitrogens with zero attached hydrogens (tertiary/aromatic N) is 4. The van der Waals surface area contributed by atoms with Crippen LogP contribution in [0.4, 0.5) is 0 Å². The van der Waals surface area contributed by atoms with Gasteiger partial charge in [-0.25, -0.2) is 9.97 Å². The summed E-state index contributed by atoms with van der Waals surface area (Å²) in [6.07, 6.45) is 13.7. The van der Waals surface area contributed by atoms with Crippen molar-refractivity contribution in [3.63, 3.8) is 0 Å². The Kier molecular flexibility index (Phi) is 3.39. The van der Waals surface area contributed by atoms with Crippen molar-refractivity contribution in [2.45, 2.75) is 38.8 Å². The average Bonchev–Trinajstić information content (AvgIpc) is 2.96. The second kappa shape index (κ2) is 4.96. The van der Waals surface area contributed by atoms with Gasteiger partial charge in [0.2, 0.25) is 0 Å². The Bertz CT molecular complexity index is 391. The Morgan fingerprint density at radius 1 is 1.06 bits per heavy atom. The van der Waals surface area contributed by atoms with E-state index in [4.69, 9.17) is 0 Å². The topological polar surface area (TPSA) is 35.6 Å². The fourth-order valence-corrected chi connectivity index (χ4v) is 2.03. The highest BCUT2D eigenvalue weighted by molar-refractivity contribution is 4.84. The van der Waals surface area contributed by atoms with Crippen molar-refractivity contribution in [3.8, 4) is 0 Å². The van der Waals surface area contributed by atoms with Gasteiger partial charge in [0.1, 0.15) is 0 Å². The van der Waals surface area contributed by atoms with E-state index in [0.29, 0.717) is 12.1 Å². The molecule has 2 unspecified atom stereocenters. The third-order valence-electron chi connectivity index (χ3n) is 3.06. The van der Waals surface area contributed by atoms with Crippen LogP contribution < -0.4 is 0 Å². The van der Waals surface area contributed by atoms with E-state index in [1.165, 1.54) is 0 Å². The first-order chi connectivity index (χ1) is 7.81. The molecule has 0 fully saturated rings. The summed E-state index contributed by atoms with van der Waals surface area (Å²) in [6.45, 7) is 4.44. The van der Waals surface area contributed by atoms with Crippen molar-refractivity contribution < 1.29 is 0 Å². The Labute approximate surface area is 96.0 Å². The summed E-state index contributed by atoms with van der Waals surface area (Å²) in [5.74, 6) is 0. The normalized spacial score (nSPS) is 14.9. The van der Waals surface area contributed by atoms with Crippen LogP contribution in [0.2, 0.25) is 0 Å². The molecule has 0 aliphatic rings. The fourth-order valence-electron chi connectivity index (χ4n) is 2.03. The molecule has 2 aromatic heterocycles. The second-order valence-corrected chi connectivity index (χ2v) is 4.17. The number of hydrogen-bond acceptors (Lipinski definition) is 2. The molecule has 0 spiro atoms. The highest BCUT2D eigenvalue weighted by Gasteiger charge is 2.13. The lowest BCUT2D eigenvalue weighted by molar-refractivity contribution is 0.368. The third-order valence-corrected chi connectivity index (χ3v) is 3.06. The summed E-state index contributed by atoms with van der Waals surface area (Å²) in [7, 11) is 0. The molecule has 86 valence electrons. The first kappa shape index (κ1) is 10.9. The Balaban J connectivity index is 2.02. The summed E-state index contributed by atoms with van der Waals surface area (Å²) in [6, 6.07) is 0.981. The van der Waals surface area contributed by atoms with Crippen molar-refractivity contribution in [1.29, 1.82) is 0 Å². The molecule has 2 rings (SSSR count). The van der Waals surface area contributed by atoms with Crippen LogP contribution in [0.15, 0.2) is 37.4 Å². The number of aromatic nitrogens is 4. The molecular formula is C12H18N4. The van der Waals surface area contributed by atoms with Crippen molar-refractivity contribution in [2.75, 3.05) is 0 Å². The lowest BCUT2D eigenvalue weighted by atomic mass is 10.1. The quantitative estimate of drug-likeness (QED) is 0.773. The summed E-state index contributed by atoms with van der Waals surface area (Å²) in [4.78, 5) is 8.19. The highest BCUT2D eigenvalue weighted by atomic mass is 15.1. The molecule has 0 bridgehead atoms. The SMILES string of the molecule is CCC(CC(C)n1ccnc1)n1ccnc1. The van der Waals surface area contributed by atoms with Gasteiger partial charge in [0.15, 0.2) is 0 Å². The molecule has 4 heteroatoms.